The fraction of sp³-hybridized carbons (Fsp3) is 0.333. The Balaban J connectivity index is 2.09. The molecule has 1 aromatic carbocycles. The highest BCUT2D eigenvalue weighted by molar-refractivity contribution is 6.07. The molecule has 2 aliphatic rings. The fourth-order valence-corrected chi connectivity index (χ4v) is 3.26. The minimum Gasteiger partial charge on any atom is -0.481 e. The van der Waals surface area contributed by atoms with Crippen LogP contribution >= 0.6 is 0 Å². The third-order valence-electron chi connectivity index (χ3n) is 4.45. The van der Waals surface area contributed by atoms with Gasteiger partial charge in [-0.1, -0.05) is 13.8 Å². The second-order valence-electron chi connectivity index (χ2n) is 6.58. The average molecular weight is 389 g/mol. The number of nitrogens with zero attached hydrogens (tertiary/aromatic N) is 3. The Kier molecular flexibility index (Phi) is 5.41. The van der Waals surface area contributed by atoms with Crippen LogP contribution < -0.4 is 10.9 Å². The summed E-state index contributed by atoms with van der Waals surface area (Å²) >= 11 is 0. The van der Waals surface area contributed by atoms with Gasteiger partial charge in [-0.2, -0.15) is 0 Å². The molecule has 1 atom stereocenters. The van der Waals surface area contributed by atoms with Gasteiger partial charge in [0, 0.05) is 5.56 Å². The Morgan fingerprint density at radius 3 is 2.86 bits per heavy atom. The van der Waals surface area contributed by atoms with E-state index in [2.05, 4.69) is 25.7 Å². The van der Waals surface area contributed by atoms with Crippen molar-refractivity contribution in [3.05, 3.63) is 40.8 Å². The molecular formula is C18H20FN5O4. The molecule has 9 nitrogen and oxygen atoms in total. The highest BCUT2D eigenvalue weighted by Gasteiger charge is 2.40. The van der Waals surface area contributed by atoms with Gasteiger partial charge in [0.1, 0.15) is 23.5 Å². The molecule has 28 heavy (non-hydrogen) atoms. The number of amides is 1. The van der Waals surface area contributed by atoms with Gasteiger partial charge >= 0.3 is 5.97 Å². The lowest BCUT2D eigenvalue weighted by Gasteiger charge is -2.25. The standard InChI is InChI=1S/C18H20FN5O4/c1-9(2)14-11(18(26)27)7-24-15(14)16(20-8-21-24)22-13-6-10(4-5-12(13)19)17(25)23-28-3/h4-6,8-9,11H,7H2,1-3H3,(H,23,25)(H,26,27)(H,20,21,22). The summed E-state index contributed by atoms with van der Waals surface area (Å²) < 4.78 is 14.3. The number of hydroxylamine groups is 1. The summed E-state index contributed by atoms with van der Waals surface area (Å²) in [6, 6.07) is 3.71. The summed E-state index contributed by atoms with van der Waals surface area (Å²) in [5.74, 6) is -2.76. The molecule has 0 bridgehead atoms. The number of hydrogen-bond donors (Lipinski definition) is 3. The quantitative estimate of drug-likeness (QED) is 0.659. The molecule has 0 aliphatic carbocycles. The number of carboxylic acids is 1. The number of nitrogens with one attached hydrogen (secondary N) is 2. The Morgan fingerprint density at radius 2 is 2.21 bits per heavy atom. The molecule has 0 aromatic heterocycles. The van der Waals surface area contributed by atoms with Gasteiger partial charge in [-0.25, -0.2) is 19.9 Å². The first-order valence-electron chi connectivity index (χ1n) is 8.58. The van der Waals surface area contributed by atoms with Crippen molar-refractivity contribution in [2.24, 2.45) is 21.8 Å². The molecule has 1 amide bonds. The fourth-order valence-electron chi connectivity index (χ4n) is 3.26. The molecule has 0 spiro atoms. The lowest BCUT2D eigenvalue weighted by Crippen LogP contribution is -2.41. The molecule has 148 valence electrons. The number of amidine groups is 1. The predicted octanol–water partition coefficient (Wildman–Crippen LogP) is 1.62. The van der Waals surface area contributed by atoms with Crippen molar-refractivity contribution in [1.82, 2.24) is 15.9 Å². The zero-order valence-electron chi connectivity index (χ0n) is 15.6. The minimum absolute atomic E-state index is 0.0786. The third kappa shape index (κ3) is 3.58. The zero-order valence-corrected chi connectivity index (χ0v) is 15.6. The third-order valence-corrected chi connectivity index (χ3v) is 4.45. The molecule has 3 N–H and O–H groups in total. The lowest BCUT2D eigenvalue weighted by atomic mass is 9.91. The van der Waals surface area contributed by atoms with E-state index in [1.165, 1.54) is 25.6 Å². The lowest BCUT2D eigenvalue weighted by molar-refractivity contribution is -0.140. The summed E-state index contributed by atoms with van der Waals surface area (Å²) in [7, 11) is 1.29. The van der Waals surface area contributed by atoms with Gasteiger partial charge in [0.05, 0.1) is 19.6 Å². The maximum absolute atomic E-state index is 14.3. The number of carboxylic acid groups (broad SMARTS) is 1. The monoisotopic (exact) mass is 389 g/mol. The molecule has 3 rings (SSSR count). The van der Waals surface area contributed by atoms with E-state index in [9.17, 15) is 19.1 Å². The number of aliphatic imine (C=N–C) groups is 2. The van der Waals surface area contributed by atoms with Crippen LogP contribution in [0.4, 0.5) is 10.1 Å². The van der Waals surface area contributed by atoms with Crippen LogP contribution in [0.15, 0.2) is 39.5 Å². The van der Waals surface area contributed by atoms with Crippen LogP contribution in [0.1, 0.15) is 24.2 Å². The van der Waals surface area contributed by atoms with Gasteiger partial charge in [-0.15, -0.1) is 0 Å². The second-order valence-corrected chi connectivity index (χ2v) is 6.58. The van der Waals surface area contributed by atoms with Gasteiger partial charge in [-0.3, -0.25) is 24.9 Å². The van der Waals surface area contributed by atoms with Gasteiger partial charge in [0.2, 0.25) is 0 Å². The smallest absolute Gasteiger partial charge is 0.312 e. The molecule has 2 aliphatic heterocycles. The van der Waals surface area contributed by atoms with Crippen molar-refractivity contribution < 1.29 is 23.9 Å². The normalized spacial score (nSPS) is 19.8. The first-order valence-corrected chi connectivity index (χ1v) is 8.58. The molecule has 10 heteroatoms. The Morgan fingerprint density at radius 1 is 1.46 bits per heavy atom. The number of benzene rings is 1. The zero-order chi connectivity index (χ0) is 20.4. The van der Waals surface area contributed by atoms with E-state index in [-0.39, 0.29) is 29.5 Å². The van der Waals surface area contributed by atoms with E-state index in [4.69, 9.17) is 0 Å². The minimum atomic E-state index is -0.948. The van der Waals surface area contributed by atoms with Crippen LogP contribution in [-0.2, 0) is 9.63 Å². The maximum Gasteiger partial charge on any atom is 0.312 e. The summed E-state index contributed by atoms with van der Waals surface area (Å²) in [4.78, 5) is 36.6. The second kappa shape index (κ2) is 7.77. The number of carbonyl (C=O) groups is 2. The molecule has 2 heterocycles. The molecule has 1 aromatic rings. The van der Waals surface area contributed by atoms with Crippen LogP contribution in [0.5, 0.6) is 0 Å². The SMILES string of the molecule is CONC(=O)c1ccc(F)c(N=C2N=CNN3CC(C(=O)O)C(C(C)C)=C23)c1. The molecule has 0 saturated carbocycles. The van der Waals surface area contributed by atoms with Gasteiger partial charge in [0.15, 0.2) is 5.84 Å². The predicted molar refractivity (Wildman–Crippen MR) is 99.3 cm³/mol. The van der Waals surface area contributed by atoms with Crippen molar-refractivity contribution in [2.45, 2.75) is 13.8 Å². The van der Waals surface area contributed by atoms with Crippen LogP contribution in [0.2, 0.25) is 0 Å². The molecule has 0 radical (unpaired) electrons. The topological polar surface area (TPSA) is 116 Å². The van der Waals surface area contributed by atoms with Crippen molar-refractivity contribution >= 4 is 29.7 Å². The Hall–Kier alpha value is -3.27. The van der Waals surface area contributed by atoms with Crippen molar-refractivity contribution in [1.29, 1.82) is 0 Å². The highest BCUT2D eigenvalue weighted by atomic mass is 19.1. The molecule has 1 unspecified atom stereocenters. The first-order chi connectivity index (χ1) is 13.3. The Bertz CT molecular complexity index is 909. The van der Waals surface area contributed by atoms with Gasteiger partial charge in [0.25, 0.3) is 5.91 Å². The van der Waals surface area contributed by atoms with Crippen molar-refractivity contribution in [3.63, 3.8) is 0 Å². The van der Waals surface area contributed by atoms with E-state index < -0.39 is 23.6 Å². The molecule has 0 fully saturated rings. The number of aliphatic carboxylic acids is 1. The largest absolute Gasteiger partial charge is 0.481 e. The number of carbonyl (C=O) groups excluding carboxylic acids is 1. The highest BCUT2D eigenvalue weighted by Crippen LogP contribution is 2.35. The Labute approximate surface area is 160 Å². The number of hydrogen-bond acceptors (Lipinski definition) is 6. The number of fused-ring (bicyclic) bond motifs is 1. The summed E-state index contributed by atoms with van der Waals surface area (Å²) in [5.41, 5.74) is 6.28. The first kappa shape index (κ1) is 19.5. The van der Waals surface area contributed by atoms with Crippen LogP contribution in [-0.4, -0.2) is 47.8 Å². The van der Waals surface area contributed by atoms with Crippen LogP contribution in [0.25, 0.3) is 0 Å². The summed E-state index contributed by atoms with van der Waals surface area (Å²) in [5, 5.41) is 11.2. The van der Waals surface area contributed by atoms with E-state index in [1.54, 1.807) is 5.01 Å². The number of rotatable bonds is 5. The van der Waals surface area contributed by atoms with Crippen molar-refractivity contribution in [2.75, 3.05) is 13.7 Å². The van der Waals surface area contributed by atoms with Gasteiger partial charge < -0.3 is 5.11 Å². The van der Waals surface area contributed by atoms with E-state index >= 15 is 0 Å². The van der Waals surface area contributed by atoms with E-state index in [1.807, 2.05) is 13.8 Å². The average Bonchev–Trinajstić information content (AvgIpc) is 3.05. The molecule has 0 saturated heterocycles. The van der Waals surface area contributed by atoms with E-state index in [0.717, 1.165) is 6.07 Å². The van der Waals surface area contributed by atoms with Gasteiger partial charge in [-0.05, 0) is 29.7 Å². The molecular weight excluding hydrogens is 369 g/mol. The number of halogens is 1. The number of hydrazine groups is 1. The summed E-state index contributed by atoms with van der Waals surface area (Å²) in [6.45, 7) is 3.98. The van der Waals surface area contributed by atoms with Crippen molar-refractivity contribution in [3.8, 4) is 0 Å². The summed E-state index contributed by atoms with van der Waals surface area (Å²) in [6.07, 6.45) is 1.36. The maximum atomic E-state index is 14.3. The van der Waals surface area contributed by atoms with E-state index in [0.29, 0.717) is 11.3 Å². The van der Waals surface area contributed by atoms with Crippen LogP contribution in [0, 0.1) is 17.7 Å². The van der Waals surface area contributed by atoms with Crippen LogP contribution in [0.3, 0.4) is 0 Å².